The first-order valence-corrected chi connectivity index (χ1v) is 9.09. The molecule has 2 N–H and O–H groups in total. The second kappa shape index (κ2) is 8.94. The van der Waals surface area contributed by atoms with Gasteiger partial charge in [0.15, 0.2) is 6.61 Å². The monoisotopic (exact) mass is 373 g/mol. The largest absolute Gasteiger partial charge is 0.507 e. The summed E-state index contributed by atoms with van der Waals surface area (Å²) in [4.78, 5) is 23.3. The van der Waals surface area contributed by atoms with Crippen molar-refractivity contribution in [3.8, 4) is 18.1 Å². The Kier molecular flexibility index (Phi) is 7.47. The third-order valence-electron chi connectivity index (χ3n) is 4.16. The minimum atomic E-state index is -0.450. The van der Waals surface area contributed by atoms with Crippen LogP contribution in [0.1, 0.15) is 64.7 Å². The number of benzene rings is 1. The number of terminal acetylenes is 1. The van der Waals surface area contributed by atoms with Crippen LogP contribution < -0.4 is 5.32 Å². The maximum Gasteiger partial charge on any atom is 0.306 e. The van der Waals surface area contributed by atoms with Gasteiger partial charge in [-0.15, -0.1) is 6.42 Å². The molecule has 0 atom stereocenters. The smallest absolute Gasteiger partial charge is 0.306 e. The highest BCUT2D eigenvalue weighted by atomic mass is 16.5. The van der Waals surface area contributed by atoms with E-state index in [4.69, 9.17) is 11.2 Å². The van der Waals surface area contributed by atoms with Crippen molar-refractivity contribution in [2.75, 3.05) is 13.2 Å². The van der Waals surface area contributed by atoms with Gasteiger partial charge in [0.25, 0.3) is 5.91 Å². The average molecular weight is 373 g/mol. The Bertz CT molecular complexity index is 695. The van der Waals surface area contributed by atoms with E-state index in [1.165, 1.54) is 0 Å². The Labute approximate surface area is 162 Å². The summed E-state index contributed by atoms with van der Waals surface area (Å²) in [6, 6.07) is 3.88. The molecule has 1 amide bonds. The highest BCUT2D eigenvalue weighted by Crippen LogP contribution is 2.39. The Morgan fingerprint density at radius 1 is 1.11 bits per heavy atom. The van der Waals surface area contributed by atoms with Gasteiger partial charge in [-0.05, 0) is 33.9 Å². The van der Waals surface area contributed by atoms with Gasteiger partial charge in [0.1, 0.15) is 5.75 Å². The van der Waals surface area contributed by atoms with Gasteiger partial charge in [-0.3, -0.25) is 9.59 Å². The fourth-order valence-corrected chi connectivity index (χ4v) is 2.65. The summed E-state index contributed by atoms with van der Waals surface area (Å²) >= 11 is 0. The van der Waals surface area contributed by atoms with Crippen molar-refractivity contribution in [3.05, 3.63) is 28.8 Å². The molecule has 0 aromatic heterocycles. The second-order valence-electron chi connectivity index (χ2n) is 8.68. The summed E-state index contributed by atoms with van der Waals surface area (Å²) < 4.78 is 4.97. The van der Waals surface area contributed by atoms with Crippen LogP contribution in [0.5, 0.6) is 5.75 Å². The van der Waals surface area contributed by atoms with E-state index in [2.05, 4.69) is 11.2 Å². The van der Waals surface area contributed by atoms with Crippen molar-refractivity contribution in [2.45, 2.75) is 65.2 Å². The Morgan fingerprint density at radius 2 is 1.63 bits per heavy atom. The first-order chi connectivity index (χ1) is 12.4. The van der Waals surface area contributed by atoms with Crippen molar-refractivity contribution in [1.82, 2.24) is 5.32 Å². The highest BCUT2D eigenvalue weighted by molar-refractivity contribution is 5.80. The lowest BCUT2D eigenvalue weighted by atomic mass is 9.78. The number of hydrogen-bond donors (Lipinski definition) is 2. The van der Waals surface area contributed by atoms with E-state index in [-0.39, 0.29) is 30.4 Å². The van der Waals surface area contributed by atoms with Crippen LogP contribution >= 0.6 is 0 Å². The number of carbonyl (C=O) groups excluding carboxylic acids is 2. The number of aryl methyl sites for hydroxylation is 1. The first-order valence-electron chi connectivity index (χ1n) is 9.09. The number of esters is 1. The predicted molar refractivity (Wildman–Crippen MR) is 107 cm³/mol. The molecule has 0 saturated heterocycles. The zero-order chi connectivity index (χ0) is 20.8. The average Bonchev–Trinajstić information content (AvgIpc) is 2.54. The number of hydrogen-bond acceptors (Lipinski definition) is 4. The van der Waals surface area contributed by atoms with Crippen LogP contribution in [0.15, 0.2) is 12.1 Å². The summed E-state index contributed by atoms with van der Waals surface area (Å²) in [6.07, 6.45) is 5.67. The molecule has 1 rings (SSSR count). The molecule has 0 spiro atoms. The molecule has 0 aliphatic carbocycles. The van der Waals surface area contributed by atoms with Crippen LogP contribution in [-0.2, 0) is 31.6 Å². The fourth-order valence-electron chi connectivity index (χ4n) is 2.65. The SMILES string of the molecule is C#CCNC(=O)COC(=O)CCc1cc(C(C)(C)C)c(O)c(C(C)(C)C)c1. The first kappa shape index (κ1) is 22.6. The Balaban J connectivity index is 2.87. The van der Waals surface area contributed by atoms with E-state index in [0.29, 0.717) is 12.2 Å². The summed E-state index contributed by atoms with van der Waals surface area (Å²) in [6.45, 7) is 12.0. The van der Waals surface area contributed by atoms with Gasteiger partial charge >= 0.3 is 5.97 Å². The summed E-state index contributed by atoms with van der Waals surface area (Å²) in [5.41, 5.74) is 2.21. The van der Waals surface area contributed by atoms with Gasteiger partial charge in [-0.25, -0.2) is 0 Å². The molecule has 1 aromatic carbocycles. The number of aromatic hydroxyl groups is 1. The van der Waals surface area contributed by atoms with Gasteiger partial charge in [-0.1, -0.05) is 59.6 Å². The number of phenols is 1. The molecule has 0 aliphatic heterocycles. The second-order valence-corrected chi connectivity index (χ2v) is 8.68. The minimum Gasteiger partial charge on any atom is -0.507 e. The normalized spacial score (nSPS) is 11.6. The molecule has 0 heterocycles. The number of ether oxygens (including phenoxy) is 1. The minimum absolute atomic E-state index is 0.106. The van der Waals surface area contributed by atoms with Gasteiger partial charge in [-0.2, -0.15) is 0 Å². The van der Waals surface area contributed by atoms with Gasteiger partial charge in [0.05, 0.1) is 6.54 Å². The van der Waals surface area contributed by atoms with E-state index in [9.17, 15) is 14.7 Å². The number of amides is 1. The molecule has 0 saturated carbocycles. The van der Waals surface area contributed by atoms with Crippen molar-refractivity contribution in [2.24, 2.45) is 0 Å². The van der Waals surface area contributed by atoms with Crippen molar-refractivity contribution in [3.63, 3.8) is 0 Å². The van der Waals surface area contributed by atoms with E-state index < -0.39 is 11.9 Å². The van der Waals surface area contributed by atoms with Crippen LogP contribution in [0.4, 0.5) is 0 Å². The van der Waals surface area contributed by atoms with Crippen LogP contribution in [-0.4, -0.2) is 30.1 Å². The van der Waals surface area contributed by atoms with E-state index in [0.717, 1.165) is 16.7 Å². The molecule has 1 aromatic rings. The number of phenolic OH excluding ortho intramolecular Hbond substituents is 1. The van der Waals surface area contributed by atoms with E-state index >= 15 is 0 Å². The van der Waals surface area contributed by atoms with Gasteiger partial charge < -0.3 is 15.2 Å². The molecule has 0 bridgehead atoms. The van der Waals surface area contributed by atoms with Gasteiger partial charge in [0, 0.05) is 6.42 Å². The molecular weight excluding hydrogens is 342 g/mol. The van der Waals surface area contributed by atoms with E-state index in [1.807, 2.05) is 53.7 Å². The lowest BCUT2D eigenvalue weighted by molar-refractivity contribution is -0.148. The molecule has 0 radical (unpaired) electrons. The summed E-state index contributed by atoms with van der Waals surface area (Å²) in [5.74, 6) is 1.72. The maximum atomic E-state index is 11.9. The van der Waals surface area contributed by atoms with Crippen LogP contribution in [0.25, 0.3) is 0 Å². The fraction of sp³-hybridized carbons (Fsp3) is 0.545. The molecule has 0 aliphatic rings. The Hall–Kier alpha value is -2.48. The number of carbonyl (C=O) groups is 2. The molecule has 5 nitrogen and oxygen atoms in total. The molecular formula is C22H31NO4. The number of nitrogens with one attached hydrogen (secondary N) is 1. The summed E-state index contributed by atoms with van der Waals surface area (Å²) in [7, 11) is 0. The van der Waals surface area contributed by atoms with Gasteiger partial charge in [0.2, 0.25) is 0 Å². The topological polar surface area (TPSA) is 75.6 Å². The molecule has 27 heavy (non-hydrogen) atoms. The molecule has 5 heteroatoms. The zero-order valence-corrected chi connectivity index (χ0v) is 17.2. The van der Waals surface area contributed by atoms with Crippen LogP contribution in [0, 0.1) is 12.3 Å². The van der Waals surface area contributed by atoms with Crippen molar-refractivity contribution >= 4 is 11.9 Å². The van der Waals surface area contributed by atoms with Crippen molar-refractivity contribution in [1.29, 1.82) is 0 Å². The standard InChI is InChI=1S/C22H31NO4/c1-8-11-23-18(24)14-27-19(25)10-9-15-12-16(21(2,3)4)20(26)17(13-15)22(5,6)7/h1,12-13,26H,9-11,14H2,2-7H3,(H,23,24). The quantitative estimate of drug-likeness (QED) is 0.593. The Morgan fingerprint density at radius 3 is 2.07 bits per heavy atom. The van der Waals surface area contributed by atoms with Crippen molar-refractivity contribution < 1.29 is 19.4 Å². The highest BCUT2D eigenvalue weighted by Gasteiger charge is 2.26. The molecule has 0 fully saturated rings. The predicted octanol–water partition coefficient (Wildman–Crippen LogP) is 3.21. The van der Waals surface area contributed by atoms with Crippen LogP contribution in [0.3, 0.4) is 0 Å². The molecule has 148 valence electrons. The lowest BCUT2D eigenvalue weighted by Gasteiger charge is -2.28. The molecule has 0 unspecified atom stereocenters. The lowest BCUT2D eigenvalue weighted by Crippen LogP contribution is -2.29. The number of rotatable bonds is 6. The third kappa shape index (κ3) is 6.97. The van der Waals surface area contributed by atoms with E-state index in [1.54, 1.807) is 0 Å². The third-order valence-corrected chi connectivity index (χ3v) is 4.16. The maximum absolute atomic E-state index is 11.9. The zero-order valence-electron chi connectivity index (χ0n) is 17.2. The van der Waals surface area contributed by atoms with Crippen LogP contribution in [0.2, 0.25) is 0 Å². The summed E-state index contributed by atoms with van der Waals surface area (Å²) in [5, 5.41) is 13.2.